The molecular formula is C23H24AsFN3O. The van der Waals surface area contributed by atoms with Crippen LogP contribution in [0.25, 0.3) is 0 Å². The first-order valence-corrected chi connectivity index (χ1v) is 11.6. The van der Waals surface area contributed by atoms with E-state index in [4.69, 9.17) is 14.7 Å². The van der Waals surface area contributed by atoms with E-state index in [1.165, 1.54) is 23.3 Å². The molecule has 0 amide bonds. The van der Waals surface area contributed by atoms with Crippen LogP contribution in [0.4, 0.5) is 10.2 Å². The Hall–Kier alpha value is -2.39. The summed E-state index contributed by atoms with van der Waals surface area (Å²) in [4.78, 5) is 12.1. The van der Waals surface area contributed by atoms with E-state index >= 15 is 0 Å². The van der Waals surface area contributed by atoms with Gasteiger partial charge in [0.2, 0.25) is 0 Å². The van der Waals surface area contributed by atoms with Crippen LogP contribution in [0.5, 0.6) is 5.75 Å². The van der Waals surface area contributed by atoms with E-state index in [1.54, 1.807) is 7.11 Å². The molecule has 0 spiro atoms. The summed E-state index contributed by atoms with van der Waals surface area (Å²) in [6, 6.07) is 13.2. The van der Waals surface area contributed by atoms with Crippen LogP contribution in [0.3, 0.4) is 0 Å². The minimum absolute atomic E-state index is 0.205. The summed E-state index contributed by atoms with van der Waals surface area (Å²) in [5.41, 5.74) is 4.71. The number of hydrogen-bond donors (Lipinski definition) is 0. The molecule has 1 aliphatic heterocycles. The van der Waals surface area contributed by atoms with Gasteiger partial charge in [-0.25, -0.2) is 0 Å². The first-order valence-electron chi connectivity index (χ1n) is 9.73. The van der Waals surface area contributed by atoms with Crippen molar-refractivity contribution in [2.45, 2.75) is 33.2 Å². The topological polar surface area (TPSA) is 38.2 Å². The summed E-state index contributed by atoms with van der Waals surface area (Å²) < 4.78 is 20.8. The Labute approximate surface area is 177 Å². The molecule has 0 saturated heterocycles. The number of halogens is 1. The predicted molar refractivity (Wildman–Crippen MR) is 115 cm³/mol. The van der Waals surface area contributed by atoms with Gasteiger partial charge in [-0.1, -0.05) is 0 Å². The summed E-state index contributed by atoms with van der Waals surface area (Å²) in [6.07, 6.45) is 0.924. The molecule has 1 aromatic heterocycles. The molecule has 4 rings (SSSR count). The van der Waals surface area contributed by atoms with Gasteiger partial charge in [0.15, 0.2) is 0 Å². The van der Waals surface area contributed by atoms with E-state index in [0.29, 0.717) is 0 Å². The Morgan fingerprint density at radius 3 is 2.59 bits per heavy atom. The van der Waals surface area contributed by atoms with Crippen molar-refractivity contribution in [3.05, 3.63) is 70.7 Å². The second-order valence-electron chi connectivity index (χ2n) is 7.29. The van der Waals surface area contributed by atoms with Crippen LogP contribution in [0.2, 0.25) is 0 Å². The van der Waals surface area contributed by atoms with E-state index in [1.807, 2.05) is 25.1 Å². The van der Waals surface area contributed by atoms with Crippen LogP contribution >= 0.6 is 0 Å². The Morgan fingerprint density at radius 1 is 1.10 bits per heavy atom. The zero-order valence-electron chi connectivity index (χ0n) is 17.1. The monoisotopic (exact) mass is 452 g/mol. The number of ether oxygens (including phenoxy) is 1. The maximum absolute atomic E-state index is 13.2. The fraction of sp³-hybridized carbons (Fsp3) is 0.304. The summed E-state index contributed by atoms with van der Waals surface area (Å²) >= 11 is -0.395. The van der Waals surface area contributed by atoms with Gasteiger partial charge in [0, 0.05) is 0 Å². The predicted octanol–water partition coefficient (Wildman–Crippen LogP) is 3.02. The van der Waals surface area contributed by atoms with Crippen molar-refractivity contribution >= 4 is 30.5 Å². The van der Waals surface area contributed by atoms with Crippen molar-refractivity contribution < 1.29 is 9.13 Å². The number of nitrogens with zero attached hydrogens (tertiary/aromatic N) is 3. The zero-order valence-corrected chi connectivity index (χ0v) is 19.0. The Kier molecular flexibility index (Phi) is 5.60. The molecular weight excluding hydrogens is 428 g/mol. The number of hydrogen-bond acceptors (Lipinski definition) is 4. The van der Waals surface area contributed by atoms with Gasteiger partial charge < -0.3 is 0 Å². The molecule has 1 aliphatic rings. The van der Waals surface area contributed by atoms with Crippen molar-refractivity contribution in [1.82, 2.24) is 9.97 Å². The molecule has 0 saturated carbocycles. The Morgan fingerprint density at radius 2 is 1.86 bits per heavy atom. The summed E-state index contributed by atoms with van der Waals surface area (Å²) in [5.74, 6) is 1.75. The molecule has 2 heterocycles. The minimum atomic E-state index is -0.395. The van der Waals surface area contributed by atoms with Gasteiger partial charge in [-0.05, 0) is 0 Å². The quantitative estimate of drug-likeness (QED) is 0.571. The number of benzene rings is 2. The third-order valence-corrected chi connectivity index (χ3v) is 7.60. The third-order valence-electron chi connectivity index (χ3n) is 5.59. The average Bonchev–Trinajstić information content (AvgIpc) is 2.72. The molecule has 4 nitrogen and oxygen atoms in total. The van der Waals surface area contributed by atoms with Gasteiger partial charge in [-0.2, -0.15) is 0 Å². The van der Waals surface area contributed by atoms with Crippen molar-refractivity contribution in [2.24, 2.45) is 0 Å². The van der Waals surface area contributed by atoms with Gasteiger partial charge >= 0.3 is 178 Å². The van der Waals surface area contributed by atoms with Gasteiger partial charge in [0.05, 0.1) is 0 Å². The Bertz CT molecular complexity index is 1040. The fourth-order valence-corrected chi connectivity index (χ4v) is 5.71. The molecule has 0 fully saturated rings. The SMILES string of the molecule is COc1cccc2c1CCN(c1nc([As]c3ccc(F)cc3)nc(C)c1C)C2C. The molecule has 3 aromatic rings. The molecule has 149 valence electrons. The van der Waals surface area contributed by atoms with Gasteiger partial charge in [-0.15, -0.1) is 0 Å². The van der Waals surface area contributed by atoms with E-state index in [-0.39, 0.29) is 11.9 Å². The van der Waals surface area contributed by atoms with Crippen LogP contribution in [0.1, 0.15) is 35.3 Å². The van der Waals surface area contributed by atoms with Crippen LogP contribution in [0, 0.1) is 19.7 Å². The van der Waals surface area contributed by atoms with Crippen LogP contribution in [-0.2, 0) is 6.42 Å². The van der Waals surface area contributed by atoms with E-state index in [2.05, 4.69) is 30.9 Å². The number of rotatable bonds is 4. The molecule has 0 N–H and O–H groups in total. The molecule has 0 aliphatic carbocycles. The Balaban J connectivity index is 1.69. The van der Waals surface area contributed by atoms with Crippen molar-refractivity contribution in [3.63, 3.8) is 0 Å². The van der Waals surface area contributed by atoms with Gasteiger partial charge in [-0.3, -0.25) is 0 Å². The number of anilines is 1. The summed E-state index contributed by atoms with van der Waals surface area (Å²) in [6.45, 7) is 7.25. The molecule has 6 heteroatoms. The number of aryl methyl sites for hydroxylation is 1. The van der Waals surface area contributed by atoms with Crippen molar-refractivity contribution in [1.29, 1.82) is 0 Å². The van der Waals surface area contributed by atoms with E-state index in [9.17, 15) is 4.39 Å². The first-order chi connectivity index (χ1) is 14.0. The molecule has 0 bridgehead atoms. The second kappa shape index (κ2) is 8.15. The van der Waals surface area contributed by atoms with Crippen molar-refractivity contribution in [3.8, 4) is 5.75 Å². The standard InChI is InChI=1S/C23H24AsFN3O/c1-14-15(2)26-23(24-17-8-10-18(25)11-9-17)27-22(14)28-13-12-20-19(16(28)3)6-5-7-21(20)29-4/h5-11,16H,12-13H2,1-4H3. The molecule has 1 radical (unpaired) electrons. The summed E-state index contributed by atoms with van der Waals surface area (Å²) in [5, 5.41) is 0. The molecule has 1 atom stereocenters. The second-order valence-corrected chi connectivity index (χ2v) is 9.69. The van der Waals surface area contributed by atoms with Crippen molar-refractivity contribution in [2.75, 3.05) is 18.6 Å². The molecule has 2 aromatic carbocycles. The number of methoxy groups -OCH3 is 1. The normalized spacial score (nSPS) is 16.3. The van der Waals surface area contributed by atoms with Gasteiger partial charge in [0.25, 0.3) is 0 Å². The van der Waals surface area contributed by atoms with Crippen LogP contribution in [-0.4, -0.2) is 39.4 Å². The first kappa shape index (κ1) is 19.9. The van der Waals surface area contributed by atoms with E-state index in [0.717, 1.165) is 44.8 Å². The van der Waals surface area contributed by atoms with Gasteiger partial charge in [0.1, 0.15) is 0 Å². The van der Waals surface area contributed by atoms with Crippen LogP contribution < -0.4 is 18.6 Å². The summed E-state index contributed by atoms with van der Waals surface area (Å²) in [7, 11) is 1.73. The third kappa shape index (κ3) is 3.89. The number of aromatic nitrogens is 2. The zero-order chi connectivity index (χ0) is 20.5. The molecule has 29 heavy (non-hydrogen) atoms. The molecule has 1 unspecified atom stereocenters. The fourth-order valence-electron chi connectivity index (χ4n) is 3.88. The maximum atomic E-state index is 13.2. The number of fused-ring (bicyclic) bond motifs is 1. The van der Waals surface area contributed by atoms with E-state index < -0.39 is 15.8 Å². The average molecular weight is 452 g/mol. The van der Waals surface area contributed by atoms with Crippen LogP contribution in [0.15, 0.2) is 42.5 Å².